The Morgan fingerprint density at radius 2 is 1.43 bits per heavy atom. The molecule has 0 aliphatic rings. The van der Waals surface area contributed by atoms with E-state index in [-0.39, 0.29) is 74.1 Å². The molecule has 19 heteroatoms. The second kappa shape index (κ2) is 30.5. The van der Waals surface area contributed by atoms with E-state index in [0.717, 1.165) is 29.4 Å². The fourth-order valence-corrected chi connectivity index (χ4v) is 8.65. The number of amides is 3. The highest BCUT2D eigenvalue weighted by atomic mass is 32.2. The Balaban J connectivity index is 1.57. The lowest BCUT2D eigenvalue weighted by Crippen LogP contribution is -2.45. The third kappa shape index (κ3) is 24.2. The molecule has 0 spiro atoms. The van der Waals surface area contributed by atoms with E-state index in [0.29, 0.717) is 64.8 Å². The Bertz CT molecular complexity index is 2040. The van der Waals surface area contributed by atoms with Gasteiger partial charge < -0.3 is 54.3 Å². The largest absolute Gasteiger partial charge is 0.460 e. The van der Waals surface area contributed by atoms with Gasteiger partial charge in [0.15, 0.2) is 0 Å². The van der Waals surface area contributed by atoms with E-state index >= 15 is 4.39 Å². The van der Waals surface area contributed by atoms with Crippen molar-refractivity contribution in [2.75, 3.05) is 90.6 Å². The number of aromatic nitrogens is 1. The van der Waals surface area contributed by atoms with Crippen LogP contribution in [0.15, 0.2) is 60.8 Å². The molecule has 392 valence electrons. The van der Waals surface area contributed by atoms with E-state index in [9.17, 15) is 23.6 Å². The van der Waals surface area contributed by atoms with Gasteiger partial charge in [-0.2, -0.15) is 0 Å². The van der Waals surface area contributed by atoms with E-state index in [4.69, 9.17) is 34.2 Å². The van der Waals surface area contributed by atoms with Gasteiger partial charge in [-0.05, 0) is 68.5 Å². The van der Waals surface area contributed by atoms with Gasteiger partial charge in [-0.1, -0.05) is 70.7 Å². The first-order valence-electron chi connectivity index (χ1n) is 24.1. The molecule has 0 aliphatic heterocycles. The van der Waals surface area contributed by atoms with Crippen LogP contribution in [0.5, 0.6) is 0 Å². The van der Waals surface area contributed by atoms with Crippen molar-refractivity contribution in [1.82, 2.24) is 20.1 Å². The summed E-state index contributed by atoms with van der Waals surface area (Å²) < 4.78 is 64.5. The Kier molecular flexibility index (Phi) is 26.1. The standard InChI is InChI=1S/C51H79F2N5O10SSi/c1-50(2,3)47(44-32-39(41-33-40(52)16-17-42(41)53)35-57(44)34-38-14-11-10-12-15-38)58(21-13-19-56-49(62)67-30-31-70(7,8)9)45(59)37-69-36-43(54)48(61)55-20-23-64-25-27-66-29-28-65-26-24-63-22-18-46(60)68-51(4,5)6/h10-12,14-17,32-33,35,43,47H,13,18-31,34,36-37,54H2,1-9H3,(H,55,61)(H,56,62). The zero-order chi connectivity index (χ0) is 51.7. The maximum atomic E-state index is 15.3. The number of carbonyl (C=O) groups excluding carboxylic acids is 4. The van der Waals surface area contributed by atoms with Crippen molar-refractivity contribution < 1.29 is 56.4 Å². The van der Waals surface area contributed by atoms with Crippen LogP contribution in [0, 0.1) is 17.0 Å². The van der Waals surface area contributed by atoms with Gasteiger partial charge in [0.1, 0.15) is 17.2 Å². The predicted molar refractivity (Wildman–Crippen MR) is 273 cm³/mol. The molecule has 3 amide bonds. The zero-order valence-corrected chi connectivity index (χ0v) is 44.7. The number of nitrogens with two attached hydrogens (primary N) is 1. The maximum Gasteiger partial charge on any atom is 0.407 e. The average molecular weight is 1020 g/mol. The van der Waals surface area contributed by atoms with Gasteiger partial charge >= 0.3 is 12.1 Å². The van der Waals surface area contributed by atoms with E-state index in [1.165, 1.54) is 17.8 Å². The van der Waals surface area contributed by atoms with Gasteiger partial charge in [0, 0.05) is 63.0 Å². The molecule has 4 N–H and O–H groups in total. The molecule has 1 heterocycles. The van der Waals surface area contributed by atoms with Crippen LogP contribution >= 0.6 is 11.8 Å². The zero-order valence-electron chi connectivity index (χ0n) is 42.9. The maximum absolute atomic E-state index is 15.3. The fourth-order valence-electron chi connectivity index (χ4n) is 7.07. The monoisotopic (exact) mass is 1020 g/mol. The van der Waals surface area contributed by atoms with Crippen molar-refractivity contribution in [3.8, 4) is 11.1 Å². The van der Waals surface area contributed by atoms with Crippen LogP contribution < -0.4 is 16.4 Å². The first kappa shape index (κ1) is 59.9. The Labute approximate surface area is 419 Å². The van der Waals surface area contributed by atoms with E-state index < -0.39 is 48.9 Å². The normalized spacial score (nSPS) is 12.9. The molecular weight excluding hydrogens is 941 g/mol. The van der Waals surface area contributed by atoms with Crippen LogP contribution in [0.4, 0.5) is 13.6 Å². The van der Waals surface area contributed by atoms with Crippen LogP contribution in [0.1, 0.15) is 71.7 Å². The van der Waals surface area contributed by atoms with Gasteiger partial charge in [-0.25, -0.2) is 13.6 Å². The molecule has 3 aromatic rings. The highest BCUT2D eigenvalue weighted by molar-refractivity contribution is 8.00. The minimum atomic E-state index is -1.40. The minimum Gasteiger partial charge on any atom is -0.460 e. The Morgan fingerprint density at radius 1 is 0.800 bits per heavy atom. The first-order chi connectivity index (χ1) is 33.0. The van der Waals surface area contributed by atoms with Crippen molar-refractivity contribution in [1.29, 1.82) is 0 Å². The number of nitrogens with zero attached hydrogens (tertiary/aromatic N) is 2. The van der Waals surface area contributed by atoms with Gasteiger partial charge in [0.05, 0.1) is 83.7 Å². The third-order valence-corrected chi connectivity index (χ3v) is 13.2. The van der Waals surface area contributed by atoms with Gasteiger partial charge in [0.25, 0.3) is 0 Å². The van der Waals surface area contributed by atoms with E-state index in [2.05, 4.69) is 30.3 Å². The molecule has 0 aliphatic carbocycles. The molecular formula is C51H79F2N5O10SSi. The molecule has 0 bridgehead atoms. The lowest BCUT2D eigenvalue weighted by molar-refractivity contribution is -0.156. The summed E-state index contributed by atoms with van der Waals surface area (Å²) in [6.07, 6.45) is 1.86. The van der Waals surface area contributed by atoms with Gasteiger partial charge in [-0.3, -0.25) is 14.4 Å². The quantitative estimate of drug-likeness (QED) is 0.0314. The second-order valence-electron chi connectivity index (χ2n) is 20.2. The lowest BCUT2D eigenvalue weighted by atomic mass is 9.83. The molecule has 0 radical (unpaired) electrons. The number of carbonyl (C=O) groups is 4. The Hall–Kier alpha value is -4.37. The number of nitrogens with one attached hydrogen (secondary N) is 2. The van der Waals surface area contributed by atoms with Crippen LogP contribution in [-0.2, 0) is 49.3 Å². The van der Waals surface area contributed by atoms with Gasteiger partial charge in [0.2, 0.25) is 11.8 Å². The number of hydrogen-bond acceptors (Lipinski definition) is 12. The summed E-state index contributed by atoms with van der Waals surface area (Å²) in [5.74, 6) is -1.88. The lowest BCUT2D eigenvalue weighted by Gasteiger charge is -2.41. The predicted octanol–water partition coefficient (Wildman–Crippen LogP) is 7.83. The van der Waals surface area contributed by atoms with Crippen molar-refractivity contribution in [3.05, 3.63) is 83.7 Å². The van der Waals surface area contributed by atoms with Gasteiger partial charge in [-0.15, -0.1) is 11.8 Å². The van der Waals surface area contributed by atoms with Crippen molar-refractivity contribution in [2.45, 2.75) is 104 Å². The summed E-state index contributed by atoms with van der Waals surface area (Å²) >= 11 is 1.24. The molecule has 2 aromatic carbocycles. The molecule has 3 rings (SSSR count). The molecule has 1 aromatic heterocycles. The van der Waals surface area contributed by atoms with Crippen LogP contribution in [0.3, 0.4) is 0 Å². The summed E-state index contributed by atoms with van der Waals surface area (Å²) in [6, 6.07) is 14.3. The van der Waals surface area contributed by atoms with Crippen molar-refractivity contribution >= 4 is 43.7 Å². The SMILES string of the molecule is CC(C)(C)OC(=O)CCOCCOCCOCCOCCNC(=O)C(N)CSCC(=O)N(CCCNC(=O)OCC[Si](C)(C)C)C(c1cc(-c2cc(F)ccc2F)cn1Cc1ccccc1)C(C)(C)C. The number of benzene rings is 2. The first-order valence-corrected chi connectivity index (χ1v) is 28.9. The average Bonchev–Trinajstić information content (AvgIpc) is 3.67. The molecule has 0 saturated heterocycles. The summed E-state index contributed by atoms with van der Waals surface area (Å²) in [7, 11) is -1.40. The van der Waals surface area contributed by atoms with Crippen LogP contribution in [-0.4, -0.2) is 144 Å². The summed E-state index contributed by atoms with van der Waals surface area (Å²) in [5.41, 5.74) is 7.45. The van der Waals surface area contributed by atoms with E-state index in [1.54, 1.807) is 11.1 Å². The molecule has 0 fully saturated rings. The van der Waals surface area contributed by atoms with Crippen LogP contribution in [0.2, 0.25) is 25.7 Å². The number of rotatable bonds is 32. The number of hydrogen-bond donors (Lipinski definition) is 3. The fraction of sp³-hybridized carbons (Fsp3) is 0.608. The molecule has 2 atom stereocenters. The topological polar surface area (TPSA) is 182 Å². The third-order valence-electron chi connectivity index (χ3n) is 10.4. The molecule has 0 saturated carbocycles. The second-order valence-corrected chi connectivity index (χ2v) is 26.8. The number of ether oxygens (including phenoxy) is 6. The highest BCUT2D eigenvalue weighted by Gasteiger charge is 2.37. The Morgan fingerprint density at radius 3 is 2.04 bits per heavy atom. The van der Waals surface area contributed by atoms with Crippen LogP contribution in [0.25, 0.3) is 11.1 Å². The molecule has 2 unspecified atom stereocenters. The van der Waals surface area contributed by atoms with Crippen molar-refractivity contribution in [3.63, 3.8) is 0 Å². The van der Waals surface area contributed by atoms with E-state index in [1.807, 2.05) is 82.5 Å². The smallest absolute Gasteiger partial charge is 0.407 e. The minimum absolute atomic E-state index is 0.00226. The number of esters is 1. The molecule has 15 nitrogen and oxygen atoms in total. The summed E-state index contributed by atoms with van der Waals surface area (Å²) in [4.78, 5) is 53.5. The molecule has 70 heavy (non-hydrogen) atoms. The number of alkyl carbamates (subject to hydrolysis) is 1. The number of thioether (sulfide) groups is 1. The van der Waals surface area contributed by atoms with Crippen molar-refractivity contribution in [2.24, 2.45) is 11.1 Å². The summed E-state index contributed by atoms with van der Waals surface area (Å²) in [5, 5.41) is 5.60. The summed E-state index contributed by atoms with van der Waals surface area (Å²) in [6.45, 7) is 22.2. The highest BCUT2D eigenvalue weighted by Crippen LogP contribution is 2.41. The number of halogens is 2.